The Morgan fingerprint density at radius 1 is 0.875 bits per heavy atom. The van der Waals surface area contributed by atoms with Gasteiger partial charge in [-0.25, -0.2) is 0 Å². The van der Waals surface area contributed by atoms with Gasteiger partial charge in [0, 0.05) is 18.6 Å². The summed E-state index contributed by atoms with van der Waals surface area (Å²) in [7, 11) is 0. The van der Waals surface area contributed by atoms with Gasteiger partial charge < -0.3 is 0 Å². The van der Waals surface area contributed by atoms with Crippen molar-refractivity contribution in [1.82, 2.24) is 4.90 Å². The van der Waals surface area contributed by atoms with Gasteiger partial charge in [0.15, 0.2) is 0 Å². The maximum Gasteiger partial charge on any atom is 0.00981 e. The lowest BCUT2D eigenvalue weighted by atomic mass is 9.76. The number of hydrogen-bond donors (Lipinski definition) is 0. The first kappa shape index (κ1) is 28.2. The van der Waals surface area contributed by atoms with Crippen molar-refractivity contribution in [2.45, 2.75) is 151 Å². The molecule has 9 unspecified atom stereocenters. The zero-order chi connectivity index (χ0) is 23.9. The Hall–Kier alpha value is -0.0400. The van der Waals surface area contributed by atoms with Crippen molar-refractivity contribution in [2.75, 3.05) is 6.54 Å². The molecule has 0 heterocycles. The van der Waals surface area contributed by atoms with Crippen molar-refractivity contribution in [3.63, 3.8) is 0 Å². The molecule has 0 spiro atoms. The molecule has 2 saturated carbocycles. The van der Waals surface area contributed by atoms with Crippen LogP contribution in [0.25, 0.3) is 0 Å². The molecule has 9 atom stereocenters. The Morgan fingerprint density at radius 2 is 1.53 bits per heavy atom. The second-order valence-corrected chi connectivity index (χ2v) is 12.9. The molecule has 0 amide bonds. The maximum absolute atomic E-state index is 2.92. The van der Waals surface area contributed by atoms with Crippen LogP contribution in [0.4, 0.5) is 0 Å². The van der Waals surface area contributed by atoms with Crippen LogP contribution in [0.1, 0.15) is 139 Å². The molecule has 2 aliphatic carbocycles. The molecule has 190 valence electrons. The van der Waals surface area contributed by atoms with Crippen LogP contribution < -0.4 is 0 Å². The molecule has 0 bridgehead atoms. The summed E-state index contributed by atoms with van der Waals surface area (Å²) in [6.07, 6.45) is 17.2. The average molecular weight is 448 g/mol. The van der Waals surface area contributed by atoms with Gasteiger partial charge in [-0.3, -0.25) is 4.90 Å². The van der Waals surface area contributed by atoms with Gasteiger partial charge >= 0.3 is 0 Å². The summed E-state index contributed by atoms with van der Waals surface area (Å²) >= 11 is 0. The lowest BCUT2D eigenvalue weighted by Gasteiger charge is -2.42. The van der Waals surface area contributed by atoms with E-state index < -0.39 is 0 Å². The third kappa shape index (κ3) is 7.48. The van der Waals surface area contributed by atoms with Crippen LogP contribution in [-0.2, 0) is 0 Å². The first-order chi connectivity index (χ1) is 15.2. The molecule has 0 aromatic heterocycles. The molecule has 0 aliphatic heterocycles. The van der Waals surface area contributed by atoms with Crippen LogP contribution in [0, 0.1) is 40.9 Å². The minimum atomic E-state index is 0.704. The third-order valence-corrected chi connectivity index (χ3v) is 10.4. The van der Waals surface area contributed by atoms with E-state index in [9.17, 15) is 0 Å². The Balaban J connectivity index is 1.94. The van der Waals surface area contributed by atoms with Crippen LogP contribution in [0.5, 0.6) is 0 Å². The van der Waals surface area contributed by atoms with Crippen molar-refractivity contribution in [2.24, 2.45) is 40.9 Å². The molecule has 0 radical (unpaired) electrons. The summed E-state index contributed by atoms with van der Waals surface area (Å²) in [6.45, 7) is 23.6. The van der Waals surface area contributed by atoms with Gasteiger partial charge in [-0.2, -0.15) is 0 Å². The Kier molecular flexibility index (Phi) is 11.6. The molecule has 1 nitrogen and oxygen atoms in total. The summed E-state index contributed by atoms with van der Waals surface area (Å²) in [5, 5.41) is 0. The molecule has 2 fully saturated rings. The molecular weight excluding hydrogens is 386 g/mol. The molecule has 32 heavy (non-hydrogen) atoms. The topological polar surface area (TPSA) is 3.24 Å². The molecule has 0 N–H and O–H groups in total. The summed E-state index contributed by atoms with van der Waals surface area (Å²) in [6, 6.07) is 1.41. The third-order valence-electron chi connectivity index (χ3n) is 10.4. The van der Waals surface area contributed by atoms with Crippen molar-refractivity contribution in [3.05, 3.63) is 0 Å². The predicted octanol–water partition coefficient (Wildman–Crippen LogP) is 9.60. The summed E-state index contributed by atoms with van der Waals surface area (Å²) in [5.41, 5.74) is 0.761. The molecule has 2 aliphatic rings. The molecule has 2 rings (SSSR count). The highest BCUT2D eigenvalue weighted by Crippen LogP contribution is 2.69. The largest absolute Gasteiger partial charge is 0.297 e. The van der Waals surface area contributed by atoms with Crippen molar-refractivity contribution >= 4 is 0 Å². The highest BCUT2D eigenvalue weighted by atomic mass is 15.2. The number of fused-ring (bicyclic) bond motifs is 1. The standard InChI is InChI=1S/C31H61N/c1-10-15-29(20-31-19-18-25(6)30(31)21-31)27(8)28(9)32(26(7)12-3)22-24(5)17-14-13-16-23(4)11-2/h23-30H,10-22H2,1-9H3. The summed E-state index contributed by atoms with van der Waals surface area (Å²) in [5.74, 6) is 5.54. The van der Waals surface area contributed by atoms with E-state index >= 15 is 0 Å². The van der Waals surface area contributed by atoms with Gasteiger partial charge in [0.1, 0.15) is 0 Å². The number of hydrogen-bond acceptors (Lipinski definition) is 1. The summed E-state index contributed by atoms with van der Waals surface area (Å²) < 4.78 is 0. The minimum Gasteiger partial charge on any atom is -0.297 e. The molecular formula is C31H61N. The van der Waals surface area contributed by atoms with E-state index in [0.717, 1.165) is 40.9 Å². The van der Waals surface area contributed by atoms with Crippen LogP contribution in [0.15, 0.2) is 0 Å². The van der Waals surface area contributed by atoms with Crippen LogP contribution in [-0.4, -0.2) is 23.5 Å². The second kappa shape index (κ2) is 13.2. The maximum atomic E-state index is 2.92. The van der Waals surface area contributed by atoms with Crippen molar-refractivity contribution < 1.29 is 0 Å². The molecule has 0 saturated heterocycles. The Labute approximate surface area is 203 Å². The molecule has 1 heteroatoms. The fraction of sp³-hybridized carbons (Fsp3) is 1.00. The summed E-state index contributed by atoms with van der Waals surface area (Å²) in [4.78, 5) is 2.92. The Bertz CT molecular complexity index is 515. The van der Waals surface area contributed by atoms with Crippen LogP contribution in [0.3, 0.4) is 0 Å². The van der Waals surface area contributed by atoms with E-state index in [2.05, 4.69) is 67.2 Å². The second-order valence-electron chi connectivity index (χ2n) is 12.9. The van der Waals surface area contributed by atoms with Crippen LogP contribution >= 0.6 is 0 Å². The minimum absolute atomic E-state index is 0.704. The highest BCUT2D eigenvalue weighted by molar-refractivity contribution is 5.10. The van der Waals surface area contributed by atoms with E-state index in [0.29, 0.717) is 12.1 Å². The van der Waals surface area contributed by atoms with Crippen molar-refractivity contribution in [1.29, 1.82) is 0 Å². The van der Waals surface area contributed by atoms with E-state index in [4.69, 9.17) is 0 Å². The molecule has 0 aromatic carbocycles. The smallest absolute Gasteiger partial charge is 0.00981 e. The predicted molar refractivity (Wildman–Crippen MR) is 144 cm³/mol. The van der Waals surface area contributed by atoms with Gasteiger partial charge in [0.2, 0.25) is 0 Å². The zero-order valence-corrected chi connectivity index (χ0v) is 23.8. The van der Waals surface area contributed by atoms with E-state index in [1.54, 1.807) is 6.42 Å². The number of unbranched alkanes of at least 4 members (excludes halogenated alkanes) is 1. The van der Waals surface area contributed by atoms with E-state index in [-0.39, 0.29) is 0 Å². The normalized spacial score (nSPS) is 30.6. The lowest BCUT2D eigenvalue weighted by Crippen LogP contribution is -2.47. The van der Waals surface area contributed by atoms with Crippen LogP contribution in [0.2, 0.25) is 0 Å². The monoisotopic (exact) mass is 447 g/mol. The molecule has 0 aromatic rings. The zero-order valence-electron chi connectivity index (χ0n) is 23.8. The van der Waals surface area contributed by atoms with E-state index in [1.165, 1.54) is 77.2 Å². The first-order valence-electron chi connectivity index (χ1n) is 14.9. The van der Waals surface area contributed by atoms with Gasteiger partial charge in [-0.05, 0) is 93.3 Å². The number of nitrogens with zero attached hydrogens (tertiary/aromatic N) is 1. The van der Waals surface area contributed by atoms with Gasteiger partial charge in [0.25, 0.3) is 0 Å². The highest BCUT2D eigenvalue weighted by Gasteiger charge is 2.60. The number of rotatable bonds is 17. The lowest BCUT2D eigenvalue weighted by molar-refractivity contribution is 0.0623. The van der Waals surface area contributed by atoms with Gasteiger partial charge in [-0.15, -0.1) is 0 Å². The van der Waals surface area contributed by atoms with Gasteiger partial charge in [0.05, 0.1) is 0 Å². The van der Waals surface area contributed by atoms with Gasteiger partial charge in [-0.1, -0.05) is 87.0 Å². The Morgan fingerprint density at radius 3 is 2.03 bits per heavy atom. The fourth-order valence-electron chi connectivity index (χ4n) is 7.29. The quantitative estimate of drug-likeness (QED) is 0.201. The average Bonchev–Trinajstić information content (AvgIpc) is 3.42. The van der Waals surface area contributed by atoms with Crippen molar-refractivity contribution in [3.8, 4) is 0 Å². The fourth-order valence-corrected chi connectivity index (χ4v) is 7.29. The SMILES string of the molecule is CCCC(CC12CCC(C)C1C2)C(C)C(C)N(CC(C)CCCCC(C)CC)C(C)CC. The first-order valence-corrected chi connectivity index (χ1v) is 14.9. The van der Waals surface area contributed by atoms with E-state index in [1.807, 2.05) is 0 Å².